The van der Waals surface area contributed by atoms with E-state index in [1.165, 1.54) is 11.8 Å². The second kappa shape index (κ2) is 10.7. The van der Waals surface area contributed by atoms with Crippen LogP contribution >= 0.6 is 11.6 Å². The molecule has 0 unspecified atom stereocenters. The van der Waals surface area contributed by atoms with Crippen LogP contribution in [0.2, 0.25) is 5.02 Å². The lowest BCUT2D eigenvalue weighted by Gasteiger charge is -2.33. The normalized spacial score (nSPS) is 12.7. The number of hydrogen-bond acceptors (Lipinski definition) is 4. The van der Waals surface area contributed by atoms with Crippen molar-refractivity contribution in [3.63, 3.8) is 0 Å². The molecule has 11 heteroatoms. The summed E-state index contributed by atoms with van der Waals surface area (Å²) in [6, 6.07) is 8.23. The maximum absolute atomic E-state index is 13.8. The second-order valence-electron chi connectivity index (χ2n) is 8.93. The summed E-state index contributed by atoms with van der Waals surface area (Å²) in [6.45, 7) is 6.12. The van der Waals surface area contributed by atoms with Crippen molar-refractivity contribution < 1.29 is 26.8 Å². The summed E-state index contributed by atoms with van der Waals surface area (Å²) in [5, 5.41) is 3.23. The minimum atomic E-state index is -4.06. The number of halogens is 3. The fraction of sp³-hybridized carbons (Fsp3) is 0.391. The topological polar surface area (TPSA) is 86.8 Å². The van der Waals surface area contributed by atoms with E-state index in [0.29, 0.717) is 21.0 Å². The van der Waals surface area contributed by atoms with Gasteiger partial charge in [-0.3, -0.25) is 13.9 Å². The highest BCUT2D eigenvalue weighted by molar-refractivity contribution is 7.92. The van der Waals surface area contributed by atoms with Crippen LogP contribution in [0.5, 0.6) is 0 Å². The summed E-state index contributed by atoms with van der Waals surface area (Å²) in [7, 11) is -4.06. The first-order valence-electron chi connectivity index (χ1n) is 10.4. The molecule has 0 aliphatic rings. The minimum Gasteiger partial charge on any atom is -0.350 e. The van der Waals surface area contributed by atoms with Gasteiger partial charge in [0.25, 0.3) is 0 Å². The lowest BCUT2D eigenvalue weighted by molar-refractivity contribution is -0.140. The van der Waals surface area contributed by atoms with E-state index < -0.39 is 51.6 Å². The first-order valence-corrected chi connectivity index (χ1v) is 12.6. The molecule has 0 aliphatic carbocycles. The van der Waals surface area contributed by atoms with E-state index in [4.69, 9.17) is 11.6 Å². The molecule has 0 radical (unpaired) electrons. The van der Waals surface area contributed by atoms with Gasteiger partial charge in [-0.2, -0.15) is 0 Å². The Morgan fingerprint density at radius 3 is 2.26 bits per heavy atom. The number of nitrogens with one attached hydrogen (secondary N) is 1. The minimum absolute atomic E-state index is 0.0342. The number of rotatable bonds is 8. The van der Waals surface area contributed by atoms with Crippen LogP contribution in [0.4, 0.5) is 14.5 Å². The van der Waals surface area contributed by atoms with Gasteiger partial charge >= 0.3 is 0 Å². The molecule has 0 spiro atoms. The predicted octanol–water partition coefficient (Wildman–Crippen LogP) is 3.72. The van der Waals surface area contributed by atoms with Crippen LogP contribution in [-0.2, 0) is 26.2 Å². The van der Waals surface area contributed by atoms with Gasteiger partial charge in [-0.1, -0.05) is 23.7 Å². The molecule has 2 aromatic carbocycles. The molecule has 2 rings (SSSR count). The summed E-state index contributed by atoms with van der Waals surface area (Å²) in [4.78, 5) is 27.4. The number of amides is 2. The number of benzene rings is 2. The highest BCUT2D eigenvalue weighted by Crippen LogP contribution is 2.22. The zero-order chi connectivity index (χ0) is 25.8. The molecule has 1 N–H and O–H groups in total. The molecule has 2 aromatic rings. The summed E-state index contributed by atoms with van der Waals surface area (Å²) >= 11 is 6.05. The van der Waals surface area contributed by atoms with Crippen molar-refractivity contribution in [1.29, 1.82) is 0 Å². The molecule has 7 nitrogen and oxygen atoms in total. The molecule has 1 atom stereocenters. The lowest BCUT2D eigenvalue weighted by Crippen LogP contribution is -2.54. The Bertz CT molecular complexity index is 1170. The Kier molecular flexibility index (Phi) is 8.65. The van der Waals surface area contributed by atoms with E-state index in [-0.39, 0.29) is 12.2 Å². The Morgan fingerprint density at radius 2 is 1.74 bits per heavy atom. The van der Waals surface area contributed by atoms with E-state index in [1.54, 1.807) is 45.0 Å². The Labute approximate surface area is 203 Å². The van der Waals surface area contributed by atoms with Gasteiger partial charge in [0.2, 0.25) is 21.8 Å². The number of sulfonamides is 1. The van der Waals surface area contributed by atoms with Crippen LogP contribution in [0.25, 0.3) is 0 Å². The predicted molar refractivity (Wildman–Crippen MR) is 128 cm³/mol. The zero-order valence-corrected chi connectivity index (χ0v) is 21.2. The SMILES string of the molecule is C[C@H](C(=O)NC(C)(C)C)N(Cc1cccc(Cl)c1)C(=O)CN(c1ccc(F)c(F)c1)S(C)(=O)=O. The van der Waals surface area contributed by atoms with Crippen molar-refractivity contribution in [3.05, 3.63) is 64.7 Å². The van der Waals surface area contributed by atoms with E-state index in [1.807, 2.05) is 0 Å². The number of hydrogen-bond donors (Lipinski definition) is 1. The molecule has 186 valence electrons. The third-order valence-electron chi connectivity index (χ3n) is 4.78. The summed E-state index contributed by atoms with van der Waals surface area (Å²) in [6.07, 6.45) is 0.846. The van der Waals surface area contributed by atoms with Gasteiger partial charge < -0.3 is 10.2 Å². The van der Waals surface area contributed by atoms with Crippen molar-refractivity contribution in [3.8, 4) is 0 Å². The molecule has 34 heavy (non-hydrogen) atoms. The molecule has 0 saturated carbocycles. The second-order valence-corrected chi connectivity index (χ2v) is 11.3. The van der Waals surface area contributed by atoms with Crippen molar-refractivity contribution in [2.45, 2.75) is 45.8 Å². The number of carbonyl (C=O) groups excluding carboxylic acids is 2. The average molecular weight is 516 g/mol. The van der Waals surface area contributed by atoms with Gasteiger partial charge in [-0.05, 0) is 57.5 Å². The molecule has 0 fully saturated rings. The molecule has 0 bridgehead atoms. The molecule has 0 aliphatic heterocycles. The summed E-state index contributed by atoms with van der Waals surface area (Å²) in [5.41, 5.74) is -0.167. The third-order valence-corrected chi connectivity index (χ3v) is 6.15. The molecule has 0 heterocycles. The summed E-state index contributed by atoms with van der Waals surface area (Å²) < 4.78 is 52.7. The molecule has 2 amide bonds. The summed E-state index contributed by atoms with van der Waals surface area (Å²) in [5.74, 6) is -3.57. The highest BCUT2D eigenvalue weighted by Gasteiger charge is 2.31. The van der Waals surface area contributed by atoms with E-state index >= 15 is 0 Å². The molecular formula is C23H28ClF2N3O4S. The number of nitrogens with zero attached hydrogens (tertiary/aromatic N) is 2. The first-order chi connectivity index (χ1) is 15.6. The quantitative estimate of drug-likeness (QED) is 0.580. The lowest BCUT2D eigenvalue weighted by atomic mass is 10.1. The van der Waals surface area contributed by atoms with Crippen molar-refractivity contribution in [1.82, 2.24) is 10.2 Å². The molecule has 0 aromatic heterocycles. The standard InChI is InChI=1S/C23H28ClF2N3O4S/c1-15(22(31)27-23(2,3)4)28(13-16-7-6-8-17(24)11-16)21(30)14-29(34(5,32)33)18-9-10-19(25)20(26)12-18/h6-12,15H,13-14H2,1-5H3,(H,27,31)/t15-/m1/s1. The fourth-order valence-corrected chi connectivity index (χ4v) is 4.20. The first kappa shape index (κ1) is 27.5. The Hall–Kier alpha value is -2.72. The van der Waals surface area contributed by atoms with Crippen LogP contribution in [-0.4, -0.2) is 49.5 Å². The largest absolute Gasteiger partial charge is 0.350 e. The van der Waals surface area contributed by atoms with Crippen LogP contribution in [0.1, 0.15) is 33.3 Å². The molecular weight excluding hydrogens is 488 g/mol. The van der Waals surface area contributed by atoms with E-state index in [9.17, 15) is 26.8 Å². The van der Waals surface area contributed by atoms with Crippen molar-refractivity contribution in [2.75, 3.05) is 17.1 Å². The number of carbonyl (C=O) groups is 2. The van der Waals surface area contributed by atoms with E-state index in [0.717, 1.165) is 18.4 Å². The maximum atomic E-state index is 13.8. The number of anilines is 1. The van der Waals surface area contributed by atoms with Gasteiger partial charge in [0.1, 0.15) is 12.6 Å². The third kappa shape index (κ3) is 7.66. The van der Waals surface area contributed by atoms with Gasteiger partial charge in [-0.25, -0.2) is 17.2 Å². The van der Waals surface area contributed by atoms with Gasteiger partial charge in [-0.15, -0.1) is 0 Å². The van der Waals surface area contributed by atoms with Gasteiger partial charge in [0, 0.05) is 23.2 Å². The van der Waals surface area contributed by atoms with Crippen LogP contribution in [0, 0.1) is 11.6 Å². The molecule has 0 saturated heterocycles. The Balaban J connectivity index is 2.43. The van der Waals surface area contributed by atoms with Crippen LogP contribution < -0.4 is 9.62 Å². The highest BCUT2D eigenvalue weighted by atomic mass is 35.5. The average Bonchev–Trinajstić information content (AvgIpc) is 2.69. The van der Waals surface area contributed by atoms with E-state index in [2.05, 4.69) is 5.32 Å². The van der Waals surface area contributed by atoms with Crippen molar-refractivity contribution >= 4 is 39.1 Å². The van der Waals surface area contributed by atoms with Gasteiger partial charge in [0.15, 0.2) is 11.6 Å². The van der Waals surface area contributed by atoms with Gasteiger partial charge in [0.05, 0.1) is 11.9 Å². The maximum Gasteiger partial charge on any atom is 0.244 e. The van der Waals surface area contributed by atoms with Crippen LogP contribution in [0.15, 0.2) is 42.5 Å². The monoisotopic (exact) mass is 515 g/mol. The zero-order valence-electron chi connectivity index (χ0n) is 19.6. The fourth-order valence-electron chi connectivity index (χ4n) is 3.14. The Morgan fingerprint density at radius 1 is 1.09 bits per heavy atom. The van der Waals surface area contributed by atoms with Crippen LogP contribution in [0.3, 0.4) is 0 Å². The smallest absolute Gasteiger partial charge is 0.244 e. The van der Waals surface area contributed by atoms with Crippen molar-refractivity contribution in [2.24, 2.45) is 0 Å².